The molecule has 0 rings (SSSR count). The highest BCUT2D eigenvalue weighted by Crippen LogP contribution is 2.15. The fourth-order valence-corrected chi connectivity index (χ4v) is 4.96. The second kappa shape index (κ2) is 4.24. The maximum absolute atomic E-state index is 6.01. The van der Waals surface area contributed by atoms with Crippen LogP contribution in [0.25, 0.3) is 0 Å². The molecule has 0 saturated heterocycles. The SMILES string of the molecule is C[Si](C)(Cl)C[Si]C(Cl)Cl. The maximum atomic E-state index is 6.01. The lowest BCUT2D eigenvalue weighted by Crippen LogP contribution is -2.21. The lowest BCUT2D eigenvalue weighted by molar-refractivity contribution is 1.70. The van der Waals surface area contributed by atoms with Crippen LogP contribution in [-0.4, -0.2) is 21.4 Å². The predicted octanol–water partition coefficient (Wildman–Crippen LogP) is 2.85. The topological polar surface area (TPSA) is 0 Å². The van der Waals surface area contributed by atoms with Crippen molar-refractivity contribution in [1.82, 2.24) is 0 Å². The lowest BCUT2D eigenvalue weighted by atomic mass is 11.8. The van der Waals surface area contributed by atoms with Crippen LogP contribution < -0.4 is 0 Å². The quantitative estimate of drug-likeness (QED) is 0.389. The van der Waals surface area contributed by atoms with E-state index in [-0.39, 0.29) is 4.46 Å². The number of hydrogen-bond acceptors (Lipinski definition) is 0. The zero-order valence-corrected chi connectivity index (χ0v) is 9.69. The van der Waals surface area contributed by atoms with Crippen LogP contribution >= 0.6 is 34.3 Å². The monoisotopic (exact) mass is 218 g/mol. The molecular weight excluding hydrogens is 211 g/mol. The van der Waals surface area contributed by atoms with Crippen molar-refractivity contribution in [3.05, 3.63) is 0 Å². The van der Waals surface area contributed by atoms with Gasteiger partial charge in [0, 0.05) is 0 Å². The van der Waals surface area contributed by atoms with Crippen molar-refractivity contribution in [3.8, 4) is 0 Å². The molecule has 0 aliphatic heterocycles. The molecule has 0 heterocycles. The van der Waals surface area contributed by atoms with Gasteiger partial charge in [0.2, 0.25) is 0 Å². The van der Waals surface area contributed by atoms with Crippen LogP contribution in [0.15, 0.2) is 0 Å². The summed E-state index contributed by atoms with van der Waals surface area (Å²) in [4.78, 5) is 0. The Bertz CT molecular complexity index is 78.4. The van der Waals surface area contributed by atoms with E-state index in [1.54, 1.807) is 0 Å². The van der Waals surface area contributed by atoms with Gasteiger partial charge in [0.15, 0.2) is 0 Å². The van der Waals surface area contributed by atoms with E-state index in [1.165, 1.54) is 0 Å². The van der Waals surface area contributed by atoms with Crippen LogP contribution in [0.1, 0.15) is 0 Å². The summed E-state index contributed by atoms with van der Waals surface area (Å²) in [5, 5.41) is 0. The molecule has 0 aliphatic carbocycles. The third kappa shape index (κ3) is 9.30. The van der Waals surface area contributed by atoms with E-state index < -0.39 is 7.38 Å². The average molecular weight is 220 g/mol. The Morgan fingerprint density at radius 2 is 1.89 bits per heavy atom. The molecule has 0 nitrogen and oxygen atoms in total. The normalized spacial score (nSPS) is 12.7. The smallest absolute Gasteiger partial charge is 0.147 e. The number of halogens is 3. The van der Waals surface area contributed by atoms with Gasteiger partial charge in [0.05, 0.1) is 14.0 Å². The van der Waals surface area contributed by atoms with Crippen molar-refractivity contribution in [1.29, 1.82) is 0 Å². The van der Waals surface area contributed by atoms with Crippen LogP contribution in [0.5, 0.6) is 0 Å². The zero-order chi connectivity index (χ0) is 7.49. The molecule has 0 N–H and O–H groups in total. The third-order valence-corrected chi connectivity index (χ3v) is 7.29. The predicted molar refractivity (Wildman–Crippen MR) is 49.4 cm³/mol. The van der Waals surface area contributed by atoms with Crippen molar-refractivity contribution in [3.63, 3.8) is 0 Å². The Morgan fingerprint density at radius 1 is 1.44 bits per heavy atom. The van der Waals surface area contributed by atoms with E-state index >= 15 is 0 Å². The summed E-state index contributed by atoms with van der Waals surface area (Å²) in [6.45, 7) is 4.19. The molecule has 54 valence electrons. The first kappa shape index (κ1) is 10.3. The van der Waals surface area contributed by atoms with Gasteiger partial charge in [-0.2, -0.15) is 11.1 Å². The van der Waals surface area contributed by atoms with Crippen LogP contribution in [0.4, 0.5) is 0 Å². The fourth-order valence-electron chi connectivity index (χ4n) is 0.320. The van der Waals surface area contributed by atoms with Gasteiger partial charge in [-0.1, -0.05) is 13.1 Å². The summed E-state index contributed by atoms with van der Waals surface area (Å²) >= 11 is 17.1. The Labute approximate surface area is 74.4 Å². The van der Waals surface area contributed by atoms with Crippen molar-refractivity contribution in [2.24, 2.45) is 0 Å². The zero-order valence-electron chi connectivity index (χ0n) is 5.42. The Hall–Kier alpha value is 1.30. The van der Waals surface area contributed by atoms with Crippen LogP contribution in [-0.2, 0) is 0 Å². The highest BCUT2D eigenvalue weighted by Gasteiger charge is 2.18. The van der Waals surface area contributed by atoms with Crippen molar-refractivity contribution >= 4 is 51.2 Å². The first-order valence-corrected chi connectivity index (χ1v) is 9.00. The van der Waals surface area contributed by atoms with E-state index in [2.05, 4.69) is 13.1 Å². The Kier molecular flexibility index (Phi) is 4.85. The standard InChI is InChI=1S/C4H9Cl3Si2/c1-9(2,7)3-8-4(5)6/h4H,3H2,1-2H3. The van der Waals surface area contributed by atoms with Gasteiger partial charge in [-0.25, -0.2) is 0 Å². The number of rotatable bonds is 3. The average Bonchev–Trinajstić information content (AvgIpc) is 1.59. The van der Waals surface area contributed by atoms with E-state index in [9.17, 15) is 0 Å². The molecule has 0 aromatic rings. The van der Waals surface area contributed by atoms with Gasteiger partial charge in [-0.3, -0.25) is 0 Å². The molecule has 5 heteroatoms. The molecule has 2 radical (unpaired) electrons. The van der Waals surface area contributed by atoms with Gasteiger partial charge in [-0.15, -0.1) is 23.2 Å². The van der Waals surface area contributed by atoms with Crippen molar-refractivity contribution < 1.29 is 0 Å². The molecule has 0 spiro atoms. The molecule has 0 aromatic carbocycles. The number of alkyl halides is 2. The van der Waals surface area contributed by atoms with Gasteiger partial charge >= 0.3 is 0 Å². The summed E-state index contributed by atoms with van der Waals surface area (Å²) in [5.74, 6) is 0. The summed E-state index contributed by atoms with van der Waals surface area (Å²) in [7, 11) is -0.804. The minimum atomic E-state index is -1.40. The fraction of sp³-hybridized carbons (Fsp3) is 1.00. The van der Waals surface area contributed by atoms with Crippen molar-refractivity contribution in [2.75, 3.05) is 0 Å². The highest BCUT2D eigenvalue weighted by atomic mass is 35.6. The van der Waals surface area contributed by atoms with Crippen molar-refractivity contribution in [2.45, 2.75) is 23.2 Å². The lowest BCUT2D eigenvalue weighted by Gasteiger charge is -2.10. The van der Waals surface area contributed by atoms with Gasteiger partial charge in [-0.05, 0) is 5.67 Å². The molecule has 0 aliphatic rings. The van der Waals surface area contributed by atoms with Gasteiger partial charge in [0.25, 0.3) is 0 Å². The molecule has 0 bridgehead atoms. The van der Waals surface area contributed by atoms with E-state index in [4.69, 9.17) is 34.3 Å². The summed E-state index contributed by atoms with van der Waals surface area (Å²) < 4.78 is -0.212. The minimum Gasteiger partial charge on any atom is -0.168 e. The molecule has 0 unspecified atom stereocenters. The summed E-state index contributed by atoms with van der Waals surface area (Å²) in [6, 6.07) is 0. The molecule has 0 saturated carbocycles. The van der Waals surface area contributed by atoms with Crippen LogP contribution in [0, 0.1) is 0 Å². The van der Waals surface area contributed by atoms with E-state index in [0.29, 0.717) is 9.52 Å². The van der Waals surface area contributed by atoms with Gasteiger partial charge in [0.1, 0.15) is 7.38 Å². The highest BCUT2D eigenvalue weighted by molar-refractivity contribution is 7.21. The molecule has 0 atom stereocenters. The maximum Gasteiger partial charge on any atom is 0.147 e. The second-order valence-corrected chi connectivity index (χ2v) is 13.1. The Balaban J connectivity index is 3.28. The first-order valence-electron chi connectivity index (χ1n) is 2.62. The molecule has 0 aromatic heterocycles. The second-order valence-electron chi connectivity index (χ2n) is 2.40. The largest absolute Gasteiger partial charge is 0.168 e. The van der Waals surface area contributed by atoms with E-state index in [0.717, 1.165) is 5.67 Å². The summed E-state index contributed by atoms with van der Waals surface area (Å²) in [6.07, 6.45) is 0. The van der Waals surface area contributed by atoms with Crippen LogP contribution in [0.3, 0.4) is 0 Å². The molecule has 0 fully saturated rings. The first-order chi connectivity index (χ1) is 3.92. The Morgan fingerprint density at radius 3 is 2.00 bits per heavy atom. The minimum absolute atomic E-state index is 0.212. The molecular formula is C4H9Cl3Si2. The van der Waals surface area contributed by atoms with E-state index in [1.807, 2.05) is 0 Å². The molecule has 0 amide bonds. The molecule has 9 heavy (non-hydrogen) atoms. The van der Waals surface area contributed by atoms with Crippen LogP contribution in [0.2, 0.25) is 18.8 Å². The summed E-state index contributed by atoms with van der Waals surface area (Å²) in [5.41, 5.74) is 1.02. The number of hydrogen-bond donors (Lipinski definition) is 0. The van der Waals surface area contributed by atoms with Gasteiger partial charge < -0.3 is 0 Å². The third-order valence-electron chi connectivity index (χ3n) is 0.677.